The number of nitro groups is 1. The van der Waals surface area contributed by atoms with Gasteiger partial charge in [0.25, 0.3) is 5.69 Å². The van der Waals surface area contributed by atoms with Crippen LogP contribution >= 0.6 is 11.8 Å². The summed E-state index contributed by atoms with van der Waals surface area (Å²) in [6, 6.07) is 5.32. The van der Waals surface area contributed by atoms with Crippen LogP contribution in [-0.4, -0.2) is 16.1 Å². The molecule has 21 heavy (non-hydrogen) atoms. The van der Waals surface area contributed by atoms with Crippen molar-refractivity contribution in [2.24, 2.45) is 0 Å². The third-order valence-corrected chi connectivity index (χ3v) is 4.87. The zero-order valence-corrected chi connectivity index (χ0v) is 14.0. The Morgan fingerprint density at radius 2 is 2.10 bits per heavy atom. The summed E-state index contributed by atoms with van der Waals surface area (Å²) in [6.07, 6.45) is 6.17. The molecule has 0 aliphatic rings. The second kappa shape index (κ2) is 9.66. The number of aryl methyl sites for hydroxylation is 1. The monoisotopic (exact) mass is 310 g/mol. The smallest absolute Gasteiger partial charge is 0.292 e. The lowest BCUT2D eigenvalue weighted by Gasteiger charge is -2.15. The summed E-state index contributed by atoms with van der Waals surface area (Å²) in [6.45, 7) is 6.29. The minimum Gasteiger partial charge on any atom is -0.370 e. The quantitative estimate of drug-likeness (QED) is 0.273. The Hall–Kier alpha value is -1.23. The van der Waals surface area contributed by atoms with Crippen LogP contribution in [0.5, 0.6) is 0 Å². The number of benzene rings is 1. The molecule has 0 amide bonds. The van der Waals surface area contributed by atoms with Crippen molar-refractivity contribution < 1.29 is 4.92 Å². The van der Waals surface area contributed by atoms with Crippen molar-refractivity contribution >= 4 is 23.1 Å². The van der Waals surface area contributed by atoms with E-state index >= 15 is 0 Å². The molecule has 0 radical (unpaired) electrons. The van der Waals surface area contributed by atoms with E-state index in [1.54, 1.807) is 12.1 Å². The first-order valence-electron chi connectivity index (χ1n) is 7.69. The highest BCUT2D eigenvalue weighted by Crippen LogP contribution is 2.27. The van der Waals surface area contributed by atoms with Crippen molar-refractivity contribution in [3.63, 3.8) is 0 Å². The highest BCUT2D eigenvalue weighted by Gasteiger charge is 2.14. The Morgan fingerprint density at radius 1 is 1.33 bits per heavy atom. The maximum absolute atomic E-state index is 11.1. The number of nitro benzene ring substituents is 1. The second-order valence-corrected chi connectivity index (χ2v) is 6.58. The summed E-state index contributed by atoms with van der Waals surface area (Å²) in [4.78, 5) is 10.7. The predicted molar refractivity (Wildman–Crippen MR) is 92.1 cm³/mol. The highest BCUT2D eigenvalue weighted by molar-refractivity contribution is 7.99. The number of thioether (sulfide) groups is 1. The van der Waals surface area contributed by atoms with Gasteiger partial charge < -0.3 is 5.32 Å². The SMILES string of the molecule is CCCCC[C@@H](CC)SCNc1ccc(C)cc1[N+](=O)[O-]. The Balaban J connectivity index is 2.49. The highest BCUT2D eigenvalue weighted by atomic mass is 32.2. The van der Waals surface area contributed by atoms with Crippen molar-refractivity contribution in [3.05, 3.63) is 33.9 Å². The maximum Gasteiger partial charge on any atom is 0.292 e. The van der Waals surface area contributed by atoms with Crippen LogP contribution in [0.15, 0.2) is 18.2 Å². The largest absolute Gasteiger partial charge is 0.370 e. The van der Waals surface area contributed by atoms with Crippen molar-refractivity contribution in [2.45, 2.75) is 58.1 Å². The molecule has 0 fully saturated rings. The molecule has 1 aromatic carbocycles. The number of nitrogens with zero attached hydrogens (tertiary/aromatic N) is 1. The summed E-state index contributed by atoms with van der Waals surface area (Å²) in [5.41, 5.74) is 1.68. The van der Waals surface area contributed by atoms with Gasteiger partial charge in [0.05, 0.1) is 10.8 Å². The van der Waals surface area contributed by atoms with E-state index in [2.05, 4.69) is 19.2 Å². The summed E-state index contributed by atoms with van der Waals surface area (Å²) < 4.78 is 0. The maximum atomic E-state index is 11.1. The van der Waals surface area contributed by atoms with Gasteiger partial charge in [0, 0.05) is 11.3 Å². The molecule has 1 atom stereocenters. The van der Waals surface area contributed by atoms with Crippen LogP contribution in [0.1, 0.15) is 51.5 Å². The standard InChI is InChI=1S/C16H26N2O2S/c1-4-6-7-8-14(5-2)21-12-17-15-10-9-13(3)11-16(15)18(19)20/h9-11,14,17H,4-8,12H2,1-3H3/t14-/m1/s1. The second-order valence-electron chi connectivity index (χ2n) is 5.29. The summed E-state index contributed by atoms with van der Waals surface area (Å²) in [5, 5.41) is 14.9. The van der Waals surface area contributed by atoms with Crippen LogP contribution in [0.25, 0.3) is 0 Å². The first kappa shape index (κ1) is 17.8. The fourth-order valence-electron chi connectivity index (χ4n) is 2.21. The van der Waals surface area contributed by atoms with E-state index in [0.717, 1.165) is 12.0 Å². The topological polar surface area (TPSA) is 55.2 Å². The molecular formula is C16H26N2O2S. The van der Waals surface area contributed by atoms with Gasteiger partial charge >= 0.3 is 0 Å². The molecule has 118 valence electrons. The van der Waals surface area contributed by atoms with Crippen LogP contribution in [0.3, 0.4) is 0 Å². The van der Waals surface area contributed by atoms with E-state index < -0.39 is 0 Å². The molecule has 1 rings (SSSR count). The number of hydrogen-bond acceptors (Lipinski definition) is 4. The molecular weight excluding hydrogens is 284 g/mol. The van der Waals surface area contributed by atoms with E-state index in [-0.39, 0.29) is 10.6 Å². The van der Waals surface area contributed by atoms with Gasteiger partial charge in [-0.1, -0.05) is 39.2 Å². The molecule has 0 heterocycles. The summed E-state index contributed by atoms with van der Waals surface area (Å²) >= 11 is 1.86. The van der Waals surface area contributed by atoms with Crippen molar-refractivity contribution in [1.29, 1.82) is 0 Å². The molecule has 1 aromatic rings. The van der Waals surface area contributed by atoms with Gasteiger partial charge in [-0.05, 0) is 31.4 Å². The number of unbranched alkanes of at least 4 members (excludes halogenated alkanes) is 2. The van der Waals surface area contributed by atoms with E-state index in [1.165, 1.54) is 25.7 Å². The zero-order chi connectivity index (χ0) is 15.7. The molecule has 0 aliphatic heterocycles. The molecule has 1 N–H and O–H groups in total. The molecule has 5 heteroatoms. The van der Waals surface area contributed by atoms with Crippen LogP contribution in [0, 0.1) is 17.0 Å². The van der Waals surface area contributed by atoms with Gasteiger partial charge in [-0.2, -0.15) is 0 Å². The molecule has 0 aromatic heterocycles. The van der Waals surface area contributed by atoms with Crippen LogP contribution < -0.4 is 5.32 Å². The lowest BCUT2D eigenvalue weighted by atomic mass is 10.1. The van der Waals surface area contributed by atoms with Gasteiger partial charge in [0.15, 0.2) is 0 Å². The van der Waals surface area contributed by atoms with Gasteiger partial charge in [0.2, 0.25) is 0 Å². The third kappa shape index (κ3) is 6.38. The first-order chi connectivity index (χ1) is 10.1. The number of nitrogens with one attached hydrogen (secondary N) is 1. The molecule has 0 spiro atoms. The molecule has 0 aliphatic carbocycles. The van der Waals surface area contributed by atoms with Gasteiger partial charge in [0.1, 0.15) is 5.69 Å². The number of rotatable bonds is 10. The number of hydrogen-bond donors (Lipinski definition) is 1. The Kier molecular flexibility index (Phi) is 8.20. The summed E-state index contributed by atoms with van der Waals surface area (Å²) in [7, 11) is 0. The van der Waals surface area contributed by atoms with Crippen LogP contribution in [-0.2, 0) is 0 Å². The zero-order valence-electron chi connectivity index (χ0n) is 13.2. The molecule has 0 bridgehead atoms. The minimum atomic E-state index is -0.321. The lowest BCUT2D eigenvalue weighted by molar-refractivity contribution is -0.384. The van der Waals surface area contributed by atoms with Crippen molar-refractivity contribution in [1.82, 2.24) is 0 Å². The lowest BCUT2D eigenvalue weighted by Crippen LogP contribution is -2.08. The predicted octanol–water partition coefficient (Wildman–Crippen LogP) is 5.36. The molecule has 0 unspecified atom stereocenters. The van der Waals surface area contributed by atoms with Crippen molar-refractivity contribution in [3.8, 4) is 0 Å². The Bertz CT molecular complexity index is 452. The first-order valence-corrected chi connectivity index (χ1v) is 8.73. The van der Waals surface area contributed by atoms with Gasteiger partial charge in [-0.3, -0.25) is 10.1 Å². The molecule has 0 saturated carbocycles. The summed E-state index contributed by atoms with van der Waals surface area (Å²) in [5.74, 6) is 0.717. The Labute approximate surface area is 131 Å². The fraction of sp³-hybridized carbons (Fsp3) is 0.625. The Morgan fingerprint density at radius 3 is 2.71 bits per heavy atom. The van der Waals surface area contributed by atoms with E-state index in [4.69, 9.17) is 0 Å². The van der Waals surface area contributed by atoms with E-state index in [0.29, 0.717) is 16.8 Å². The number of anilines is 1. The molecule has 4 nitrogen and oxygen atoms in total. The average Bonchev–Trinajstić information content (AvgIpc) is 2.47. The van der Waals surface area contributed by atoms with Gasteiger partial charge in [-0.25, -0.2) is 0 Å². The average molecular weight is 310 g/mol. The van der Waals surface area contributed by atoms with Crippen molar-refractivity contribution in [2.75, 3.05) is 11.2 Å². The van der Waals surface area contributed by atoms with E-state index in [1.807, 2.05) is 24.8 Å². The molecule has 0 saturated heterocycles. The normalized spacial score (nSPS) is 12.1. The van der Waals surface area contributed by atoms with Crippen LogP contribution in [0.4, 0.5) is 11.4 Å². The van der Waals surface area contributed by atoms with E-state index in [9.17, 15) is 10.1 Å². The fourth-order valence-corrected chi connectivity index (χ4v) is 3.25. The third-order valence-electron chi connectivity index (χ3n) is 3.52. The minimum absolute atomic E-state index is 0.162. The van der Waals surface area contributed by atoms with Gasteiger partial charge in [-0.15, -0.1) is 11.8 Å². The van der Waals surface area contributed by atoms with Crippen LogP contribution in [0.2, 0.25) is 0 Å².